The summed E-state index contributed by atoms with van der Waals surface area (Å²) in [6.07, 6.45) is 4.08. The molecule has 1 aromatic heterocycles. The number of nitrogens with zero attached hydrogens (tertiary/aromatic N) is 2. The Balaban J connectivity index is 2.85. The largest absolute Gasteiger partial charge is 0.383 e. The zero-order chi connectivity index (χ0) is 14.3. The van der Waals surface area contributed by atoms with Crippen molar-refractivity contribution in [3.8, 4) is 0 Å². The quantitative estimate of drug-likeness (QED) is 0.724. The average Bonchev–Trinajstić information content (AvgIpc) is 2.34. The topological polar surface area (TPSA) is 82.2 Å². The smallest absolute Gasteiger partial charge is 0.293 e. The number of hydrogen-bond donors (Lipinski definition) is 2. The van der Waals surface area contributed by atoms with Crippen molar-refractivity contribution in [3.63, 3.8) is 0 Å². The minimum absolute atomic E-state index is 0.00472. The summed E-state index contributed by atoms with van der Waals surface area (Å²) in [7, 11) is 1.63. The third-order valence-corrected chi connectivity index (χ3v) is 2.70. The van der Waals surface area contributed by atoms with Crippen molar-refractivity contribution >= 4 is 5.82 Å². The number of hydrogen-bond acceptors (Lipinski definition) is 5. The lowest BCUT2D eigenvalue weighted by atomic mass is 10.2. The van der Waals surface area contributed by atoms with E-state index in [-0.39, 0.29) is 11.6 Å². The molecule has 0 radical (unpaired) electrons. The molecule has 0 saturated heterocycles. The van der Waals surface area contributed by atoms with Gasteiger partial charge in [-0.3, -0.25) is 4.79 Å². The summed E-state index contributed by atoms with van der Waals surface area (Å²) >= 11 is 0. The zero-order valence-corrected chi connectivity index (χ0v) is 11.9. The fraction of sp³-hybridized carbons (Fsp3) is 0.692. The monoisotopic (exact) mass is 268 g/mol. The first kappa shape index (κ1) is 15.7. The Bertz CT molecular complexity index is 425. The number of anilines is 1. The maximum absolute atomic E-state index is 12.2. The van der Waals surface area contributed by atoms with Crippen LogP contribution in [0.4, 0.5) is 5.82 Å². The maximum Gasteiger partial charge on any atom is 0.293 e. The van der Waals surface area contributed by atoms with Gasteiger partial charge >= 0.3 is 0 Å². The van der Waals surface area contributed by atoms with Crippen LogP contribution in [0.15, 0.2) is 17.2 Å². The van der Waals surface area contributed by atoms with Gasteiger partial charge in [-0.25, -0.2) is 4.98 Å². The van der Waals surface area contributed by atoms with E-state index in [1.165, 1.54) is 0 Å². The first-order chi connectivity index (χ1) is 9.08. The van der Waals surface area contributed by atoms with Gasteiger partial charge in [-0.05, 0) is 18.9 Å². The fourth-order valence-electron chi connectivity index (χ4n) is 1.88. The van der Waals surface area contributed by atoms with Crippen molar-refractivity contribution < 1.29 is 4.74 Å². The molecule has 0 saturated carbocycles. The van der Waals surface area contributed by atoms with E-state index in [0.717, 1.165) is 6.42 Å². The molecule has 1 atom stereocenters. The third kappa shape index (κ3) is 5.00. The highest BCUT2D eigenvalue weighted by Gasteiger charge is 2.12. The first-order valence-electron chi connectivity index (χ1n) is 6.59. The number of rotatable bonds is 8. The summed E-state index contributed by atoms with van der Waals surface area (Å²) < 4.78 is 6.78. The molecule has 19 heavy (non-hydrogen) atoms. The summed E-state index contributed by atoms with van der Waals surface area (Å²) in [6.45, 7) is 5.86. The summed E-state index contributed by atoms with van der Waals surface area (Å²) in [5, 5.41) is 3.11. The molecule has 0 bridgehead atoms. The molecule has 0 aliphatic heterocycles. The summed E-state index contributed by atoms with van der Waals surface area (Å²) in [5.74, 6) is 0.769. The van der Waals surface area contributed by atoms with E-state index in [1.54, 1.807) is 24.1 Å². The second-order valence-electron chi connectivity index (χ2n) is 5.00. The molecule has 1 heterocycles. The number of aromatic nitrogens is 2. The van der Waals surface area contributed by atoms with Crippen LogP contribution in [0.3, 0.4) is 0 Å². The zero-order valence-electron chi connectivity index (χ0n) is 11.9. The Morgan fingerprint density at radius 2 is 2.26 bits per heavy atom. The second-order valence-corrected chi connectivity index (χ2v) is 5.00. The second kappa shape index (κ2) is 7.91. The van der Waals surface area contributed by atoms with Gasteiger partial charge in [0.15, 0.2) is 5.82 Å². The predicted octanol–water partition coefficient (Wildman–Crippen LogP) is 0.675. The van der Waals surface area contributed by atoms with Gasteiger partial charge < -0.3 is 20.4 Å². The van der Waals surface area contributed by atoms with E-state index in [4.69, 9.17) is 10.5 Å². The molecule has 108 valence electrons. The molecule has 6 nitrogen and oxygen atoms in total. The molecule has 0 spiro atoms. The van der Waals surface area contributed by atoms with Crippen molar-refractivity contribution in [2.24, 2.45) is 11.7 Å². The highest BCUT2D eigenvalue weighted by Crippen LogP contribution is 2.02. The van der Waals surface area contributed by atoms with Gasteiger partial charge in [0.25, 0.3) is 5.56 Å². The number of ether oxygens (including phenoxy) is 1. The molecule has 1 rings (SSSR count). The van der Waals surface area contributed by atoms with Crippen LogP contribution in [-0.2, 0) is 11.3 Å². The van der Waals surface area contributed by atoms with Gasteiger partial charge in [0, 0.05) is 26.0 Å². The van der Waals surface area contributed by atoms with E-state index in [1.807, 2.05) is 0 Å². The van der Waals surface area contributed by atoms with Crippen LogP contribution in [-0.4, -0.2) is 35.9 Å². The molecule has 0 aliphatic carbocycles. The van der Waals surface area contributed by atoms with Crippen LogP contribution in [0.25, 0.3) is 0 Å². The normalized spacial score (nSPS) is 12.7. The van der Waals surface area contributed by atoms with Crippen molar-refractivity contribution in [2.75, 3.05) is 25.6 Å². The van der Waals surface area contributed by atoms with Gasteiger partial charge in [-0.2, -0.15) is 0 Å². The standard InChI is InChI=1S/C13H24N4O2/c1-10(2)8-17-7-6-15-12(13(17)18)16-11(4-5-14)9-19-3/h6-7,10-11H,4-5,8-9,14H2,1-3H3,(H,15,16). The Hall–Kier alpha value is -1.40. The van der Waals surface area contributed by atoms with Gasteiger partial charge in [-0.1, -0.05) is 13.8 Å². The molecular formula is C13H24N4O2. The maximum atomic E-state index is 12.2. The van der Waals surface area contributed by atoms with E-state index >= 15 is 0 Å². The van der Waals surface area contributed by atoms with Gasteiger partial charge in [0.1, 0.15) is 0 Å². The molecule has 0 aliphatic rings. The highest BCUT2D eigenvalue weighted by atomic mass is 16.5. The van der Waals surface area contributed by atoms with Crippen molar-refractivity contribution in [3.05, 3.63) is 22.7 Å². The molecule has 6 heteroatoms. The lowest BCUT2D eigenvalue weighted by molar-refractivity contribution is 0.183. The Kier molecular flexibility index (Phi) is 6.52. The van der Waals surface area contributed by atoms with Gasteiger partial charge in [-0.15, -0.1) is 0 Å². The lowest BCUT2D eigenvalue weighted by Crippen LogP contribution is -2.33. The van der Waals surface area contributed by atoms with E-state index in [9.17, 15) is 4.79 Å². The SMILES string of the molecule is COCC(CCN)Nc1nccn(CC(C)C)c1=O. The molecule has 1 unspecified atom stereocenters. The molecular weight excluding hydrogens is 244 g/mol. The predicted molar refractivity (Wildman–Crippen MR) is 76.3 cm³/mol. The summed E-state index contributed by atoms with van der Waals surface area (Å²) in [6, 6.07) is 0.00472. The van der Waals surface area contributed by atoms with Gasteiger partial charge in [0.05, 0.1) is 12.6 Å². The molecule has 0 fully saturated rings. The van der Waals surface area contributed by atoms with Crippen LogP contribution in [0.5, 0.6) is 0 Å². The number of methoxy groups -OCH3 is 1. The number of nitrogens with two attached hydrogens (primary N) is 1. The Morgan fingerprint density at radius 1 is 1.53 bits per heavy atom. The molecule has 3 N–H and O–H groups in total. The fourth-order valence-corrected chi connectivity index (χ4v) is 1.88. The van der Waals surface area contributed by atoms with Crippen molar-refractivity contribution in [2.45, 2.75) is 32.9 Å². The van der Waals surface area contributed by atoms with Crippen LogP contribution >= 0.6 is 0 Å². The third-order valence-electron chi connectivity index (χ3n) is 2.70. The van der Waals surface area contributed by atoms with E-state index in [2.05, 4.69) is 24.1 Å². The minimum Gasteiger partial charge on any atom is -0.383 e. The van der Waals surface area contributed by atoms with Crippen molar-refractivity contribution in [1.82, 2.24) is 9.55 Å². The summed E-state index contributed by atoms with van der Waals surface area (Å²) in [4.78, 5) is 16.3. The van der Waals surface area contributed by atoms with Crippen LogP contribution in [0, 0.1) is 5.92 Å². The minimum atomic E-state index is -0.102. The summed E-state index contributed by atoms with van der Waals surface area (Å²) in [5.41, 5.74) is 5.45. The van der Waals surface area contributed by atoms with Crippen LogP contribution < -0.4 is 16.6 Å². The highest BCUT2D eigenvalue weighted by molar-refractivity contribution is 5.32. The molecule has 0 amide bonds. The van der Waals surface area contributed by atoms with Gasteiger partial charge in [0.2, 0.25) is 0 Å². The first-order valence-corrected chi connectivity index (χ1v) is 6.59. The van der Waals surface area contributed by atoms with Crippen LogP contribution in [0.2, 0.25) is 0 Å². The van der Waals surface area contributed by atoms with E-state index in [0.29, 0.717) is 31.4 Å². The van der Waals surface area contributed by atoms with Crippen molar-refractivity contribution in [1.29, 1.82) is 0 Å². The molecule has 1 aromatic rings. The lowest BCUT2D eigenvalue weighted by Gasteiger charge is -2.18. The molecule has 0 aromatic carbocycles. The van der Waals surface area contributed by atoms with E-state index < -0.39 is 0 Å². The Morgan fingerprint density at radius 3 is 2.84 bits per heavy atom. The average molecular weight is 268 g/mol. The number of nitrogens with one attached hydrogen (secondary N) is 1. The van der Waals surface area contributed by atoms with Crippen LogP contribution in [0.1, 0.15) is 20.3 Å². The Labute approximate surface area is 114 Å².